The summed E-state index contributed by atoms with van der Waals surface area (Å²) in [5, 5.41) is 0.540. The predicted molar refractivity (Wildman–Crippen MR) is 43.7 cm³/mol. The molecule has 0 unspecified atom stereocenters. The molecule has 0 aliphatic carbocycles. The topological polar surface area (TPSA) is 49.9 Å². The lowest BCUT2D eigenvalue weighted by Gasteiger charge is -2.24. The van der Waals surface area contributed by atoms with Crippen LogP contribution in [0.1, 0.15) is 0 Å². The molecular weight excluding hydrogens is 229 g/mol. The highest BCUT2D eigenvalue weighted by Crippen LogP contribution is 2.41. The Bertz CT molecular complexity index is 357. The Morgan fingerprint density at radius 2 is 1.75 bits per heavy atom. The van der Waals surface area contributed by atoms with Crippen molar-refractivity contribution in [2.75, 3.05) is 14.1 Å². The monoisotopic (exact) mass is 238 g/mol. The van der Waals surface area contributed by atoms with Gasteiger partial charge in [-0.05, 0) is 0 Å². The van der Waals surface area contributed by atoms with Gasteiger partial charge in [0.15, 0.2) is 6.10 Å². The number of amides is 2. The molecule has 2 heterocycles. The van der Waals surface area contributed by atoms with Crippen molar-refractivity contribution in [3.05, 3.63) is 0 Å². The van der Waals surface area contributed by atoms with Crippen LogP contribution in [0.4, 0.5) is 13.2 Å². The van der Waals surface area contributed by atoms with Gasteiger partial charge >= 0.3 is 6.18 Å². The van der Waals surface area contributed by atoms with Crippen LogP contribution < -0.4 is 0 Å². The van der Waals surface area contributed by atoms with Gasteiger partial charge in [-0.1, -0.05) is 0 Å². The number of fused-ring (bicyclic) bond motifs is 1. The predicted octanol–water partition coefficient (Wildman–Crippen LogP) is -0.222. The summed E-state index contributed by atoms with van der Waals surface area (Å²) in [5.74, 6) is -3.06. The highest BCUT2D eigenvalue weighted by molar-refractivity contribution is 6.07. The minimum absolute atomic E-state index is 0.540. The van der Waals surface area contributed by atoms with Crippen LogP contribution in [0.15, 0.2) is 0 Å². The summed E-state index contributed by atoms with van der Waals surface area (Å²) in [4.78, 5) is 28.4. The Hall–Kier alpha value is -1.15. The summed E-state index contributed by atoms with van der Waals surface area (Å²) in [7, 11) is 2.22. The lowest BCUT2D eigenvalue weighted by atomic mass is 9.96. The molecule has 2 fully saturated rings. The number of rotatable bonds is 0. The van der Waals surface area contributed by atoms with E-state index in [0.717, 1.165) is 14.1 Å². The number of imide groups is 1. The van der Waals surface area contributed by atoms with Crippen LogP contribution in [0.5, 0.6) is 0 Å². The van der Waals surface area contributed by atoms with Gasteiger partial charge in [0.2, 0.25) is 5.91 Å². The Morgan fingerprint density at radius 1 is 1.19 bits per heavy atom. The molecular formula is C8H9F3N2O3. The third-order valence-corrected chi connectivity index (χ3v) is 2.86. The maximum Gasteiger partial charge on any atom is 0.407 e. The smallest absolute Gasteiger partial charge is 0.284 e. The molecule has 0 saturated carbocycles. The Labute approximate surface area is 88.7 Å². The summed E-state index contributed by atoms with van der Waals surface area (Å²) < 4.78 is 38.0. The molecule has 90 valence electrons. The van der Waals surface area contributed by atoms with E-state index in [-0.39, 0.29) is 0 Å². The van der Waals surface area contributed by atoms with Crippen molar-refractivity contribution in [2.45, 2.75) is 18.3 Å². The zero-order valence-electron chi connectivity index (χ0n) is 8.49. The first-order chi connectivity index (χ1) is 7.25. The molecule has 0 N–H and O–H groups in total. The van der Waals surface area contributed by atoms with E-state index in [0.29, 0.717) is 9.96 Å². The SMILES string of the molecule is CN1C(=O)[C@@H]2[C@@H](ON(C)[C@H]2C(F)(F)F)C1=O. The summed E-state index contributed by atoms with van der Waals surface area (Å²) in [6.45, 7) is 0. The molecule has 2 rings (SSSR count). The molecule has 2 amide bonds. The summed E-state index contributed by atoms with van der Waals surface area (Å²) >= 11 is 0. The van der Waals surface area contributed by atoms with E-state index < -0.39 is 36.1 Å². The summed E-state index contributed by atoms with van der Waals surface area (Å²) in [6, 6.07) is -2.06. The van der Waals surface area contributed by atoms with Crippen molar-refractivity contribution in [1.29, 1.82) is 0 Å². The Morgan fingerprint density at radius 3 is 2.25 bits per heavy atom. The van der Waals surface area contributed by atoms with E-state index in [1.165, 1.54) is 0 Å². The van der Waals surface area contributed by atoms with Gasteiger partial charge < -0.3 is 0 Å². The third kappa shape index (κ3) is 1.33. The fraction of sp³-hybridized carbons (Fsp3) is 0.750. The molecule has 2 saturated heterocycles. The van der Waals surface area contributed by atoms with E-state index in [1.807, 2.05) is 0 Å². The first-order valence-electron chi connectivity index (χ1n) is 4.53. The second kappa shape index (κ2) is 3.17. The quantitative estimate of drug-likeness (QED) is 0.547. The lowest BCUT2D eigenvalue weighted by molar-refractivity contribution is -0.236. The van der Waals surface area contributed by atoms with E-state index in [4.69, 9.17) is 4.84 Å². The number of alkyl halides is 3. The molecule has 0 bridgehead atoms. The van der Waals surface area contributed by atoms with E-state index in [2.05, 4.69) is 0 Å². The molecule has 2 aliphatic heterocycles. The number of likely N-dealkylation sites (tertiary alicyclic amines) is 1. The third-order valence-electron chi connectivity index (χ3n) is 2.86. The fourth-order valence-corrected chi connectivity index (χ4v) is 2.10. The molecule has 0 radical (unpaired) electrons. The first-order valence-corrected chi connectivity index (χ1v) is 4.53. The van der Waals surface area contributed by atoms with Crippen LogP contribution in [0.2, 0.25) is 0 Å². The largest absolute Gasteiger partial charge is 0.407 e. The number of hydrogen-bond donors (Lipinski definition) is 0. The van der Waals surface area contributed by atoms with Gasteiger partial charge in [0.05, 0.1) is 0 Å². The van der Waals surface area contributed by atoms with Gasteiger partial charge in [-0.25, -0.2) is 0 Å². The second-order valence-corrected chi connectivity index (χ2v) is 3.82. The van der Waals surface area contributed by atoms with Crippen LogP contribution in [0.3, 0.4) is 0 Å². The maximum atomic E-state index is 12.7. The molecule has 0 aromatic rings. The fourth-order valence-electron chi connectivity index (χ4n) is 2.10. The molecule has 8 heteroatoms. The van der Waals surface area contributed by atoms with Crippen LogP contribution in [0.25, 0.3) is 0 Å². The van der Waals surface area contributed by atoms with Crippen LogP contribution in [0, 0.1) is 5.92 Å². The number of carbonyl (C=O) groups is 2. The van der Waals surface area contributed by atoms with Gasteiger partial charge in [-0.3, -0.25) is 19.3 Å². The van der Waals surface area contributed by atoms with Crippen molar-refractivity contribution in [1.82, 2.24) is 9.96 Å². The molecule has 0 aromatic carbocycles. The van der Waals surface area contributed by atoms with Crippen LogP contribution in [-0.4, -0.2) is 54.2 Å². The number of hydrogen-bond acceptors (Lipinski definition) is 4. The van der Waals surface area contributed by atoms with Crippen molar-refractivity contribution >= 4 is 11.8 Å². The highest BCUT2D eigenvalue weighted by atomic mass is 19.4. The standard InChI is InChI=1S/C8H9F3N2O3/c1-12-6(14)3-4(7(12)15)16-13(2)5(3)8(9,10)11/h3-5H,1-2H3/t3-,4-,5-/m1/s1. The first kappa shape index (κ1) is 11.3. The van der Waals surface area contributed by atoms with Gasteiger partial charge in [0.1, 0.15) is 12.0 Å². The van der Waals surface area contributed by atoms with Gasteiger partial charge in [-0.2, -0.15) is 18.2 Å². The number of nitrogens with zero attached hydrogens (tertiary/aromatic N) is 2. The van der Waals surface area contributed by atoms with E-state index in [1.54, 1.807) is 0 Å². The minimum Gasteiger partial charge on any atom is -0.284 e. The lowest BCUT2D eigenvalue weighted by Crippen LogP contribution is -2.46. The Balaban J connectivity index is 2.37. The zero-order valence-corrected chi connectivity index (χ0v) is 8.49. The maximum absolute atomic E-state index is 12.7. The van der Waals surface area contributed by atoms with Gasteiger partial charge in [0, 0.05) is 14.1 Å². The van der Waals surface area contributed by atoms with E-state index in [9.17, 15) is 22.8 Å². The average molecular weight is 238 g/mol. The molecule has 0 spiro atoms. The second-order valence-electron chi connectivity index (χ2n) is 3.82. The van der Waals surface area contributed by atoms with Gasteiger partial charge in [-0.15, -0.1) is 0 Å². The Kier molecular flexibility index (Phi) is 2.25. The minimum atomic E-state index is -4.60. The number of likely N-dealkylation sites (N-methyl/N-ethyl adjacent to an activating group) is 1. The van der Waals surface area contributed by atoms with Crippen molar-refractivity contribution < 1.29 is 27.6 Å². The van der Waals surface area contributed by atoms with Crippen molar-refractivity contribution in [3.8, 4) is 0 Å². The molecule has 2 aliphatic rings. The molecule has 5 nitrogen and oxygen atoms in total. The number of halogens is 3. The van der Waals surface area contributed by atoms with Crippen LogP contribution >= 0.6 is 0 Å². The number of carbonyl (C=O) groups excluding carboxylic acids is 2. The zero-order chi connectivity index (χ0) is 12.2. The molecule has 0 aromatic heterocycles. The summed E-state index contributed by atoms with van der Waals surface area (Å²) in [5.41, 5.74) is 0. The number of hydroxylamine groups is 2. The highest BCUT2D eigenvalue weighted by Gasteiger charge is 2.65. The van der Waals surface area contributed by atoms with Crippen molar-refractivity contribution in [3.63, 3.8) is 0 Å². The molecule has 3 atom stereocenters. The van der Waals surface area contributed by atoms with Crippen molar-refractivity contribution in [2.24, 2.45) is 5.92 Å². The molecule has 16 heavy (non-hydrogen) atoms. The van der Waals surface area contributed by atoms with Crippen LogP contribution in [-0.2, 0) is 14.4 Å². The van der Waals surface area contributed by atoms with E-state index >= 15 is 0 Å². The average Bonchev–Trinajstić information content (AvgIpc) is 2.58. The normalized spacial score (nSPS) is 36.1. The van der Waals surface area contributed by atoms with Gasteiger partial charge in [0.25, 0.3) is 5.91 Å². The summed E-state index contributed by atoms with van der Waals surface area (Å²) in [6.07, 6.45) is -5.94.